The highest BCUT2D eigenvalue weighted by molar-refractivity contribution is 7.17. The molecule has 0 aliphatic heterocycles. The Hall–Kier alpha value is -2.21. The molecular formula is C21H27N2O3S+. The van der Waals surface area contributed by atoms with Gasteiger partial charge in [0.1, 0.15) is 5.00 Å². The van der Waals surface area contributed by atoms with Crippen LogP contribution in [0.15, 0.2) is 18.3 Å². The van der Waals surface area contributed by atoms with Crippen LogP contribution in [0.3, 0.4) is 0 Å². The first kappa shape index (κ1) is 19.5. The first-order valence-corrected chi connectivity index (χ1v) is 10.3. The van der Waals surface area contributed by atoms with Crippen LogP contribution >= 0.6 is 11.3 Å². The number of hydrogen-bond donors (Lipinski definition) is 1. The van der Waals surface area contributed by atoms with E-state index in [4.69, 9.17) is 4.74 Å². The second-order valence-corrected chi connectivity index (χ2v) is 8.36. The standard InChI is InChI=1S/C21H26N2O3S/c1-5-15-8-7-14(3)23(11-15)12-18(24)22-20-19(21(25)26-4)16-9-6-13(2)10-17(16)27-20/h7-8,11,13H,5-6,9-10,12H2,1-4H3/p+1/t13-/m0/s1. The minimum atomic E-state index is -0.367. The van der Waals surface area contributed by atoms with Gasteiger partial charge in [-0.3, -0.25) is 4.79 Å². The van der Waals surface area contributed by atoms with E-state index < -0.39 is 0 Å². The van der Waals surface area contributed by atoms with E-state index in [0.717, 1.165) is 36.9 Å². The predicted octanol–water partition coefficient (Wildman–Crippen LogP) is 3.46. The number of fused-ring (bicyclic) bond motifs is 1. The smallest absolute Gasteiger partial charge is 0.341 e. The SMILES string of the molecule is CCc1ccc(C)[n+](CC(=O)Nc2sc3c(c2C(=O)OC)CC[C@H](C)C3)c1. The van der Waals surface area contributed by atoms with Crippen molar-refractivity contribution in [3.63, 3.8) is 0 Å². The molecule has 1 amide bonds. The maximum Gasteiger partial charge on any atom is 0.341 e. The van der Waals surface area contributed by atoms with Crippen molar-refractivity contribution in [3.05, 3.63) is 45.6 Å². The van der Waals surface area contributed by atoms with E-state index in [9.17, 15) is 9.59 Å². The Labute approximate surface area is 164 Å². The van der Waals surface area contributed by atoms with Gasteiger partial charge in [-0.05, 0) is 43.2 Å². The van der Waals surface area contributed by atoms with Crippen LogP contribution in [0.5, 0.6) is 0 Å². The average molecular weight is 388 g/mol. The first-order valence-electron chi connectivity index (χ1n) is 9.44. The van der Waals surface area contributed by atoms with Crippen molar-refractivity contribution in [1.29, 1.82) is 0 Å². The fraction of sp³-hybridized carbons (Fsp3) is 0.476. The summed E-state index contributed by atoms with van der Waals surface area (Å²) in [6.07, 6.45) is 5.80. The number of carbonyl (C=O) groups is 2. The monoisotopic (exact) mass is 387 g/mol. The molecule has 2 heterocycles. The molecule has 0 bridgehead atoms. The van der Waals surface area contributed by atoms with Crippen LogP contribution in [0.1, 0.15) is 52.3 Å². The zero-order chi connectivity index (χ0) is 19.6. The second-order valence-electron chi connectivity index (χ2n) is 7.26. The summed E-state index contributed by atoms with van der Waals surface area (Å²) in [5, 5.41) is 3.59. The Morgan fingerprint density at radius 3 is 2.85 bits per heavy atom. The summed E-state index contributed by atoms with van der Waals surface area (Å²) in [7, 11) is 1.39. The number of thiophene rings is 1. The van der Waals surface area contributed by atoms with Crippen LogP contribution in [-0.4, -0.2) is 19.0 Å². The number of carbonyl (C=O) groups excluding carboxylic acids is 2. The molecule has 2 aromatic rings. The lowest BCUT2D eigenvalue weighted by atomic mass is 9.88. The van der Waals surface area contributed by atoms with Crippen LogP contribution < -0.4 is 9.88 Å². The summed E-state index contributed by atoms with van der Waals surface area (Å²) in [5.74, 6) is 0.0995. The molecule has 1 aliphatic rings. The summed E-state index contributed by atoms with van der Waals surface area (Å²) in [4.78, 5) is 26.2. The van der Waals surface area contributed by atoms with Crippen molar-refractivity contribution in [2.45, 2.75) is 53.0 Å². The van der Waals surface area contributed by atoms with E-state index in [-0.39, 0.29) is 18.4 Å². The molecule has 6 heteroatoms. The number of methoxy groups -OCH3 is 1. The summed E-state index contributed by atoms with van der Waals surface area (Å²) in [6, 6.07) is 4.10. The van der Waals surface area contributed by atoms with Gasteiger partial charge in [0.15, 0.2) is 11.9 Å². The third-order valence-electron chi connectivity index (χ3n) is 5.19. The summed E-state index contributed by atoms with van der Waals surface area (Å²) < 4.78 is 6.93. The van der Waals surface area contributed by atoms with Crippen molar-refractivity contribution >= 4 is 28.2 Å². The van der Waals surface area contributed by atoms with E-state index >= 15 is 0 Å². The molecule has 0 aromatic carbocycles. The van der Waals surface area contributed by atoms with Crippen molar-refractivity contribution in [3.8, 4) is 0 Å². The predicted molar refractivity (Wildman–Crippen MR) is 106 cm³/mol. The molecule has 27 heavy (non-hydrogen) atoms. The third-order valence-corrected chi connectivity index (χ3v) is 6.36. The highest BCUT2D eigenvalue weighted by atomic mass is 32.1. The van der Waals surface area contributed by atoms with E-state index in [1.807, 2.05) is 23.8 Å². The van der Waals surface area contributed by atoms with E-state index in [1.165, 1.54) is 28.9 Å². The minimum absolute atomic E-state index is 0.131. The second kappa shape index (κ2) is 8.21. The number of ether oxygens (including phenoxy) is 1. The van der Waals surface area contributed by atoms with Crippen molar-refractivity contribution in [2.24, 2.45) is 5.92 Å². The van der Waals surface area contributed by atoms with Crippen LogP contribution in [0.2, 0.25) is 0 Å². The number of nitrogens with zero attached hydrogens (tertiary/aromatic N) is 1. The molecule has 0 unspecified atom stereocenters. The topological polar surface area (TPSA) is 59.3 Å². The number of esters is 1. The van der Waals surface area contributed by atoms with Crippen LogP contribution in [0, 0.1) is 12.8 Å². The number of amides is 1. The van der Waals surface area contributed by atoms with E-state index in [2.05, 4.69) is 25.2 Å². The molecule has 1 aliphatic carbocycles. The molecule has 0 saturated heterocycles. The zero-order valence-electron chi connectivity index (χ0n) is 16.4. The van der Waals surface area contributed by atoms with Crippen LogP contribution in [0.4, 0.5) is 5.00 Å². The lowest BCUT2D eigenvalue weighted by molar-refractivity contribution is -0.690. The van der Waals surface area contributed by atoms with Gasteiger partial charge in [0.05, 0.1) is 12.7 Å². The normalized spacial score (nSPS) is 15.9. The molecule has 0 radical (unpaired) electrons. The molecule has 0 saturated carbocycles. The fourth-order valence-electron chi connectivity index (χ4n) is 3.53. The fourth-order valence-corrected chi connectivity index (χ4v) is 4.94. The van der Waals surface area contributed by atoms with Crippen molar-refractivity contribution < 1.29 is 18.9 Å². The molecule has 1 atom stereocenters. The van der Waals surface area contributed by atoms with Crippen LogP contribution in [-0.2, 0) is 35.3 Å². The number of pyridine rings is 1. The summed E-state index contributed by atoms with van der Waals surface area (Å²) in [6.45, 7) is 6.52. The highest BCUT2D eigenvalue weighted by Gasteiger charge is 2.29. The largest absolute Gasteiger partial charge is 0.465 e. The Balaban J connectivity index is 1.85. The minimum Gasteiger partial charge on any atom is -0.465 e. The van der Waals surface area contributed by atoms with Crippen LogP contribution in [0.25, 0.3) is 0 Å². The Kier molecular flexibility index (Phi) is 5.95. The molecule has 3 rings (SSSR count). The first-order chi connectivity index (χ1) is 12.9. The number of aryl methyl sites for hydroxylation is 2. The van der Waals surface area contributed by atoms with E-state index in [0.29, 0.717) is 16.5 Å². The maximum atomic E-state index is 12.7. The summed E-state index contributed by atoms with van der Waals surface area (Å²) in [5.41, 5.74) is 3.80. The van der Waals surface area contributed by atoms with Gasteiger partial charge in [0.2, 0.25) is 6.54 Å². The van der Waals surface area contributed by atoms with Crippen molar-refractivity contribution in [1.82, 2.24) is 0 Å². The molecule has 0 fully saturated rings. The number of rotatable bonds is 5. The molecule has 0 spiro atoms. The Morgan fingerprint density at radius 2 is 2.15 bits per heavy atom. The van der Waals surface area contributed by atoms with Gasteiger partial charge in [-0.2, -0.15) is 4.57 Å². The molecular weight excluding hydrogens is 360 g/mol. The van der Waals surface area contributed by atoms with Gasteiger partial charge < -0.3 is 10.1 Å². The quantitative estimate of drug-likeness (QED) is 0.631. The van der Waals surface area contributed by atoms with E-state index in [1.54, 1.807) is 0 Å². The van der Waals surface area contributed by atoms with Gasteiger partial charge in [-0.15, -0.1) is 11.3 Å². The van der Waals surface area contributed by atoms with Gasteiger partial charge in [-0.25, -0.2) is 4.79 Å². The Bertz CT molecular complexity index is 873. The van der Waals surface area contributed by atoms with Gasteiger partial charge in [0.25, 0.3) is 5.91 Å². The number of anilines is 1. The number of hydrogen-bond acceptors (Lipinski definition) is 4. The molecule has 2 aromatic heterocycles. The number of aromatic nitrogens is 1. The molecule has 144 valence electrons. The molecule has 1 N–H and O–H groups in total. The average Bonchev–Trinajstić information content (AvgIpc) is 2.99. The van der Waals surface area contributed by atoms with Gasteiger partial charge in [-0.1, -0.05) is 13.8 Å². The molecule has 5 nitrogen and oxygen atoms in total. The lowest BCUT2D eigenvalue weighted by Crippen LogP contribution is -2.43. The summed E-state index contributed by atoms with van der Waals surface area (Å²) >= 11 is 1.52. The van der Waals surface area contributed by atoms with Crippen molar-refractivity contribution in [2.75, 3.05) is 12.4 Å². The zero-order valence-corrected chi connectivity index (χ0v) is 17.2. The third kappa shape index (κ3) is 4.21. The van der Waals surface area contributed by atoms with Gasteiger partial charge >= 0.3 is 5.97 Å². The Morgan fingerprint density at radius 1 is 1.37 bits per heavy atom. The maximum absolute atomic E-state index is 12.7. The lowest BCUT2D eigenvalue weighted by Gasteiger charge is -2.18. The van der Waals surface area contributed by atoms with Gasteiger partial charge in [0, 0.05) is 23.4 Å². The highest BCUT2D eigenvalue weighted by Crippen LogP contribution is 2.39. The number of nitrogens with one attached hydrogen (secondary N) is 1.